The lowest BCUT2D eigenvalue weighted by molar-refractivity contribution is 0.253. The van der Waals surface area contributed by atoms with E-state index < -0.39 is 12.0 Å². The van der Waals surface area contributed by atoms with Gasteiger partial charge in [-0.3, -0.25) is 5.32 Å². The molecule has 1 atom stereocenters. The summed E-state index contributed by atoms with van der Waals surface area (Å²) in [6.07, 6.45) is 0.996. The van der Waals surface area contributed by atoms with E-state index in [0.717, 1.165) is 0 Å². The van der Waals surface area contributed by atoms with Gasteiger partial charge in [-0.25, -0.2) is 20.4 Å². The molecule has 0 aromatic carbocycles. The number of nitrogens with one attached hydrogen (secondary N) is 2. The fourth-order valence-corrected chi connectivity index (χ4v) is 1.65. The van der Waals surface area contributed by atoms with E-state index in [0.29, 0.717) is 24.9 Å². The van der Waals surface area contributed by atoms with Gasteiger partial charge in [-0.15, -0.1) is 0 Å². The summed E-state index contributed by atoms with van der Waals surface area (Å²) >= 11 is 0.402. The van der Waals surface area contributed by atoms with Crippen LogP contribution in [-0.4, -0.2) is 41.7 Å². The molecule has 0 saturated heterocycles. The first-order valence-electron chi connectivity index (χ1n) is 4.99. The quantitative estimate of drug-likeness (QED) is 0.767. The van der Waals surface area contributed by atoms with Gasteiger partial charge >= 0.3 is 0 Å². The molecule has 0 spiro atoms. The van der Waals surface area contributed by atoms with E-state index in [1.807, 2.05) is 13.8 Å². The maximum absolute atomic E-state index is 12.3. The molecule has 1 heterocycles. The number of hydrogen-bond acceptors (Lipinski definition) is 6. The van der Waals surface area contributed by atoms with Crippen molar-refractivity contribution in [3.63, 3.8) is 0 Å². The van der Waals surface area contributed by atoms with E-state index in [1.54, 1.807) is 0 Å². The monoisotopic (exact) mass is 251 g/mol. The Morgan fingerprint density at radius 3 is 2.81 bits per heavy atom. The first kappa shape index (κ1) is 13.3. The second-order valence-electron chi connectivity index (χ2n) is 2.87. The van der Waals surface area contributed by atoms with Crippen LogP contribution in [0.5, 0.6) is 0 Å². The standard InChI is InChI=1S/C8H15F2N5S/c1-3-11-7-12-5-15(13-4-2)8(14-7)16-6(9)10/h5-7,11,13H,3-4H2,1-2H3. The predicted molar refractivity (Wildman–Crippen MR) is 62.5 cm³/mol. The Morgan fingerprint density at radius 1 is 1.50 bits per heavy atom. The molecule has 92 valence electrons. The third-order valence-electron chi connectivity index (χ3n) is 1.67. The van der Waals surface area contributed by atoms with E-state index in [-0.39, 0.29) is 5.17 Å². The van der Waals surface area contributed by atoms with Crippen molar-refractivity contribution in [1.29, 1.82) is 0 Å². The van der Waals surface area contributed by atoms with Crippen molar-refractivity contribution in [2.45, 2.75) is 25.9 Å². The molecule has 0 aromatic rings. The molecule has 8 heteroatoms. The molecule has 0 amide bonds. The molecule has 1 aliphatic rings. The summed E-state index contributed by atoms with van der Waals surface area (Å²) in [6.45, 7) is 5.07. The minimum atomic E-state index is -2.49. The number of alkyl halides is 2. The number of hydrazine groups is 1. The van der Waals surface area contributed by atoms with Gasteiger partial charge in [0.1, 0.15) is 6.34 Å². The molecule has 1 aliphatic heterocycles. The van der Waals surface area contributed by atoms with Gasteiger partial charge in [0.2, 0.25) is 0 Å². The molecule has 0 fully saturated rings. The number of amidine groups is 1. The van der Waals surface area contributed by atoms with Gasteiger partial charge in [-0.1, -0.05) is 13.8 Å². The van der Waals surface area contributed by atoms with Crippen LogP contribution in [0.25, 0.3) is 0 Å². The molecule has 16 heavy (non-hydrogen) atoms. The normalized spacial score (nSPS) is 20.4. The zero-order chi connectivity index (χ0) is 12.0. The first-order chi connectivity index (χ1) is 7.67. The zero-order valence-corrected chi connectivity index (χ0v) is 9.97. The molecule has 0 saturated carbocycles. The van der Waals surface area contributed by atoms with Gasteiger partial charge in [-0.2, -0.15) is 8.78 Å². The number of rotatable bonds is 5. The lowest BCUT2D eigenvalue weighted by Gasteiger charge is -2.26. The van der Waals surface area contributed by atoms with E-state index in [4.69, 9.17) is 0 Å². The molecule has 1 unspecified atom stereocenters. The Bertz CT molecular complexity index is 271. The highest BCUT2D eigenvalue weighted by Crippen LogP contribution is 2.19. The molecular weight excluding hydrogens is 236 g/mol. The largest absolute Gasteiger partial charge is 0.291 e. The fraction of sp³-hybridized carbons (Fsp3) is 0.750. The molecular formula is C8H15F2N5S. The highest BCUT2D eigenvalue weighted by atomic mass is 32.2. The Morgan fingerprint density at radius 2 is 2.25 bits per heavy atom. The van der Waals surface area contributed by atoms with Gasteiger partial charge in [0.15, 0.2) is 11.5 Å². The van der Waals surface area contributed by atoms with Gasteiger partial charge in [0.25, 0.3) is 5.76 Å². The molecule has 0 radical (unpaired) electrons. The highest BCUT2D eigenvalue weighted by molar-refractivity contribution is 8.14. The number of aliphatic imine (C=N–C) groups is 2. The molecule has 5 nitrogen and oxygen atoms in total. The summed E-state index contributed by atoms with van der Waals surface area (Å²) in [5, 5.41) is 4.58. The second kappa shape index (κ2) is 6.77. The van der Waals surface area contributed by atoms with Gasteiger partial charge in [0.05, 0.1) is 0 Å². The minimum absolute atomic E-state index is 0.220. The van der Waals surface area contributed by atoms with Crippen LogP contribution >= 0.6 is 11.8 Å². The average Bonchev–Trinajstić information content (AvgIpc) is 2.22. The highest BCUT2D eigenvalue weighted by Gasteiger charge is 2.20. The van der Waals surface area contributed by atoms with Crippen molar-refractivity contribution < 1.29 is 8.78 Å². The molecule has 0 aliphatic carbocycles. The van der Waals surface area contributed by atoms with Crippen LogP contribution in [0.15, 0.2) is 9.98 Å². The maximum atomic E-state index is 12.3. The third kappa shape index (κ3) is 4.03. The summed E-state index contributed by atoms with van der Waals surface area (Å²) in [5.41, 5.74) is 2.87. The SMILES string of the molecule is CCNC1N=CN(NCC)C(SC(F)F)=N1. The van der Waals surface area contributed by atoms with Crippen molar-refractivity contribution in [3.05, 3.63) is 0 Å². The molecule has 0 aromatic heterocycles. The Hall–Kier alpha value is -0.730. The first-order valence-corrected chi connectivity index (χ1v) is 5.87. The van der Waals surface area contributed by atoms with Crippen molar-refractivity contribution in [2.75, 3.05) is 13.1 Å². The van der Waals surface area contributed by atoms with E-state index in [9.17, 15) is 8.78 Å². The lowest BCUT2D eigenvalue weighted by Crippen LogP contribution is -2.45. The summed E-state index contributed by atoms with van der Waals surface area (Å²) < 4.78 is 24.6. The topological polar surface area (TPSA) is 52.0 Å². The van der Waals surface area contributed by atoms with Gasteiger partial charge in [-0.05, 0) is 18.3 Å². The number of hydrogen-bond donors (Lipinski definition) is 2. The van der Waals surface area contributed by atoms with Crippen LogP contribution in [0.2, 0.25) is 0 Å². The van der Waals surface area contributed by atoms with Crippen LogP contribution in [0, 0.1) is 0 Å². The Labute approximate surface area is 97.4 Å². The van der Waals surface area contributed by atoms with Crippen molar-refractivity contribution in [2.24, 2.45) is 9.98 Å². The van der Waals surface area contributed by atoms with Crippen molar-refractivity contribution in [3.8, 4) is 0 Å². The van der Waals surface area contributed by atoms with Gasteiger partial charge in [0, 0.05) is 6.54 Å². The van der Waals surface area contributed by atoms with Crippen LogP contribution < -0.4 is 10.7 Å². The Balaban J connectivity index is 2.67. The van der Waals surface area contributed by atoms with Crippen molar-refractivity contribution in [1.82, 2.24) is 15.8 Å². The number of halogens is 2. The van der Waals surface area contributed by atoms with E-state index in [1.165, 1.54) is 11.3 Å². The summed E-state index contributed by atoms with van der Waals surface area (Å²) in [7, 11) is 0. The van der Waals surface area contributed by atoms with Crippen LogP contribution in [0.1, 0.15) is 13.8 Å². The van der Waals surface area contributed by atoms with E-state index in [2.05, 4.69) is 20.7 Å². The number of thioether (sulfide) groups is 1. The minimum Gasteiger partial charge on any atom is -0.277 e. The van der Waals surface area contributed by atoms with E-state index >= 15 is 0 Å². The molecule has 2 N–H and O–H groups in total. The summed E-state index contributed by atoms with van der Waals surface area (Å²) in [5.74, 6) is -2.49. The van der Waals surface area contributed by atoms with Gasteiger partial charge < -0.3 is 0 Å². The molecule has 1 rings (SSSR count). The fourth-order valence-electron chi connectivity index (χ4n) is 1.11. The predicted octanol–water partition coefficient (Wildman–Crippen LogP) is 1.06. The molecule has 0 bridgehead atoms. The maximum Gasteiger partial charge on any atom is 0.291 e. The summed E-state index contributed by atoms with van der Waals surface area (Å²) in [6, 6.07) is 0. The van der Waals surface area contributed by atoms with Crippen molar-refractivity contribution >= 4 is 23.3 Å². The Kier molecular flexibility index (Phi) is 5.64. The van der Waals surface area contributed by atoms with Crippen LogP contribution in [0.3, 0.4) is 0 Å². The summed E-state index contributed by atoms with van der Waals surface area (Å²) in [4.78, 5) is 8.12. The zero-order valence-electron chi connectivity index (χ0n) is 9.15. The lowest BCUT2D eigenvalue weighted by atomic mass is 10.7. The van der Waals surface area contributed by atoms with Crippen LogP contribution in [0.4, 0.5) is 8.78 Å². The van der Waals surface area contributed by atoms with Crippen LogP contribution in [-0.2, 0) is 0 Å². The second-order valence-corrected chi connectivity index (χ2v) is 3.82. The number of nitrogens with zero attached hydrogens (tertiary/aromatic N) is 3. The smallest absolute Gasteiger partial charge is 0.277 e. The third-order valence-corrected chi connectivity index (χ3v) is 2.36. The average molecular weight is 251 g/mol.